The van der Waals surface area contributed by atoms with Gasteiger partial charge in [-0.1, -0.05) is 54.9 Å². The van der Waals surface area contributed by atoms with Crippen LogP contribution in [0.25, 0.3) is 11.1 Å². The minimum absolute atomic E-state index is 0.0364. The van der Waals surface area contributed by atoms with Crippen molar-refractivity contribution in [3.8, 4) is 11.1 Å². The largest absolute Gasteiger partial charge is 0.391 e. The topological polar surface area (TPSA) is 96.0 Å². The van der Waals surface area contributed by atoms with Gasteiger partial charge in [-0.05, 0) is 67.7 Å². The third-order valence-electron chi connectivity index (χ3n) is 7.49. The van der Waals surface area contributed by atoms with Crippen molar-refractivity contribution in [1.29, 1.82) is 0 Å². The van der Waals surface area contributed by atoms with Crippen LogP contribution in [-0.2, 0) is 21.6 Å². The molecule has 0 aromatic heterocycles. The molecule has 0 saturated heterocycles. The van der Waals surface area contributed by atoms with E-state index in [0.29, 0.717) is 43.9 Å². The van der Waals surface area contributed by atoms with Crippen molar-refractivity contribution < 1.29 is 19.7 Å². The number of aliphatic hydroxyl groups excluding tert-OH is 1. The van der Waals surface area contributed by atoms with Crippen LogP contribution in [0.2, 0.25) is 5.02 Å². The number of nitrogens with zero attached hydrogens (tertiary/aromatic N) is 1. The molecule has 36 heavy (non-hydrogen) atoms. The van der Waals surface area contributed by atoms with E-state index in [1.54, 1.807) is 19.1 Å². The minimum atomic E-state index is -1.18. The third kappa shape index (κ3) is 6.87. The minimum Gasteiger partial charge on any atom is -0.391 e. The van der Waals surface area contributed by atoms with Crippen LogP contribution in [0.5, 0.6) is 0 Å². The number of methoxy groups -OCH3 is 1. The van der Waals surface area contributed by atoms with Gasteiger partial charge in [0, 0.05) is 49.9 Å². The smallest absolute Gasteiger partial charge is 0.225 e. The summed E-state index contributed by atoms with van der Waals surface area (Å²) in [6.07, 6.45) is 3.62. The normalized spacial score (nSPS) is 21.4. The zero-order valence-electron chi connectivity index (χ0n) is 21.8. The Morgan fingerprint density at radius 3 is 2.61 bits per heavy atom. The van der Waals surface area contributed by atoms with Crippen molar-refractivity contribution in [2.24, 2.45) is 11.7 Å². The summed E-state index contributed by atoms with van der Waals surface area (Å²) in [6, 6.07) is 13.6. The molecule has 3 rings (SSSR count). The predicted molar refractivity (Wildman–Crippen MR) is 145 cm³/mol. The lowest BCUT2D eigenvalue weighted by Crippen LogP contribution is -2.37. The second-order valence-corrected chi connectivity index (χ2v) is 10.5. The van der Waals surface area contributed by atoms with E-state index in [2.05, 4.69) is 19.1 Å². The maximum Gasteiger partial charge on any atom is 0.225 e. The van der Waals surface area contributed by atoms with Crippen LogP contribution in [0.3, 0.4) is 0 Å². The van der Waals surface area contributed by atoms with Crippen molar-refractivity contribution in [2.45, 2.75) is 69.6 Å². The van der Waals surface area contributed by atoms with Crippen LogP contribution < -0.4 is 5.73 Å². The summed E-state index contributed by atoms with van der Waals surface area (Å²) in [5.74, 6) is -0.320. The Morgan fingerprint density at radius 1 is 1.19 bits per heavy atom. The highest BCUT2D eigenvalue weighted by atomic mass is 35.5. The molecule has 0 aliphatic heterocycles. The summed E-state index contributed by atoms with van der Waals surface area (Å²) in [4.78, 5) is 14.7. The van der Waals surface area contributed by atoms with Gasteiger partial charge < -0.3 is 25.6 Å². The van der Waals surface area contributed by atoms with Gasteiger partial charge in [-0.2, -0.15) is 0 Å². The van der Waals surface area contributed by atoms with Crippen molar-refractivity contribution in [3.63, 3.8) is 0 Å². The van der Waals surface area contributed by atoms with Crippen LogP contribution in [0.4, 0.5) is 0 Å². The Hall–Kier alpha value is -1.96. The zero-order valence-corrected chi connectivity index (χ0v) is 22.5. The average molecular weight is 517 g/mol. The number of unbranched alkanes of at least 4 members (excludes halogenated alkanes) is 1. The van der Waals surface area contributed by atoms with Gasteiger partial charge in [0.15, 0.2) is 0 Å². The fourth-order valence-corrected chi connectivity index (χ4v) is 5.52. The van der Waals surface area contributed by atoms with E-state index in [1.165, 1.54) is 5.56 Å². The van der Waals surface area contributed by atoms with Crippen LogP contribution in [0, 0.1) is 5.92 Å². The number of hydrogen-bond acceptors (Lipinski definition) is 5. The molecule has 0 bridgehead atoms. The number of amides is 1. The average Bonchev–Trinajstić information content (AvgIpc) is 3.22. The second kappa shape index (κ2) is 13.0. The highest BCUT2D eigenvalue weighted by Crippen LogP contribution is 2.41. The maximum absolute atomic E-state index is 13.0. The van der Waals surface area contributed by atoms with Gasteiger partial charge in [0.25, 0.3) is 0 Å². The Bertz CT molecular complexity index is 1010. The first-order chi connectivity index (χ1) is 17.2. The molecule has 1 aliphatic carbocycles. The van der Waals surface area contributed by atoms with Gasteiger partial charge in [0.05, 0.1) is 11.7 Å². The molecular formula is C29H41ClN2O4. The summed E-state index contributed by atoms with van der Waals surface area (Å²) in [5, 5.41) is 22.7. The summed E-state index contributed by atoms with van der Waals surface area (Å²) < 4.78 is 5.22. The number of aliphatic hydroxyl groups is 2. The van der Waals surface area contributed by atoms with Crippen molar-refractivity contribution >= 4 is 17.5 Å². The quantitative estimate of drug-likeness (QED) is 0.360. The number of halogens is 1. The highest BCUT2D eigenvalue weighted by Gasteiger charge is 2.37. The van der Waals surface area contributed by atoms with Crippen LogP contribution >= 0.6 is 11.6 Å². The fraction of sp³-hybridized carbons (Fsp3) is 0.552. The fourth-order valence-electron chi connectivity index (χ4n) is 5.23. The number of carbonyl (C=O) groups excluding carboxylic acids is 1. The summed E-state index contributed by atoms with van der Waals surface area (Å²) in [5.41, 5.74) is 8.53. The molecule has 7 heteroatoms. The predicted octanol–water partition coefficient (Wildman–Crippen LogP) is 4.52. The van der Waals surface area contributed by atoms with E-state index in [0.717, 1.165) is 36.0 Å². The number of hydrogen-bond donors (Lipinski definition) is 3. The molecule has 1 amide bonds. The molecule has 1 saturated carbocycles. The van der Waals surface area contributed by atoms with Crippen LogP contribution in [0.1, 0.15) is 56.6 Å². The SMILES string of the molecule is CCc1cccc(-c2c(Cl)cccc2C(O)(CCCCOC)CCN(C)C(=O)[C@H]2C[C@@H](N)[C@@H](O)C2)c1. The third-order valence-corrected chi connectivity index (χ3v) is 7.81. The van der Waals surface area contributed by atoms with E-state index >= 15 is 0 Å². The van der Waals surface area contributed by atoms with Gasteiger partial charge in [-0.15, -0.1) is 0 Å². The lowest BCUT2D eigenvalue weighted by molar-refractivity contribution is -0.135. The van der Waals surface area contributed by atoms with Crippen LogP contribution in [0.15, 0.2) is 42.5 Å². The lowest BCUT2D eigenvalue weighted by Gasteiger charge is -2.33. The van der Waals surface area contributed by atoms with E-state index in [-0.39, 0.29) is 17.9 Å². The zero-order chi connectivity index (χ0) is 26.3. The van der Waals surface area contributed by atoms with Crippen molar-refractivity contribution in [2.75, 3.05) is 27.3 Å². The summed E-state index contributed by atoms with van der Waals surface area (Å²) in [7, 11) is 3.43. The Labute approximate surface area is 220 Å². The number of rotatable bonds is 12. The van der Waals surface area contributed by atoms with E-state index < -0.39 is 11.7 Å². The molecule has 4 atom stereocenters. The Morgan fingerprint density at radius 2 is 1.94 bits per heavy atom. The summed E-state index contributed by atoms with van der Waals surface area (Å²) in [6.45, 7) is 3.11. The monoisotopic (exact) mass is 516 g/mol. The molecule has 1 fully saturated rings. The van der Waals surface area contributed by atoms with E-state index in [4.69, 9.17) is 22.1 Å². The second-order valence-electron chi connectivity index (χ2n) is 10.1. The molecular weight excluding hydrogens is 476 g/mol. The molecule has 2 aromatic rings. The number of carbonyl (C=O) groups is 1. The number of nitrogens with two attached hydrogens (primary N) is 1. The molecule has 0 radical (unpaired) electrons. The first-order valence-corrected chi connectivity index (χ1v) is 13.4. The van der Waals surface area contributed by atoms with E-state index in [9.17, 15) is 15.0 Å². The standard InChI is InChI=1S/C29H41ClN2O4/c1-4-20-9-7-10-21(17-20)27-23(11-8-12-24(27)30)29(35,13-5-6-16-36-3)14-15-32(2)28(34)22-18-25(31)26(33)19-22/h7-12,17,22,25-26,33,35H,4-6,13-16,18-19,31H2,1-3H3/t22-,25+,26-,29?/m0/s1. The van der Waals surface area contributed by atoms with Crippen LogP contribution in [-0.4, -0.2) is 60.5 Å². The van der Waals surface area contributed by atoms with Gasteiger partial charge >= 0.3 is 0 Å². The van der Waals surface area contributed by atoms with Gasteiger partial charge in [0.2, 0.25) is 5.91 Å². The Balaban J connectivity index is 1.89. The lowest BCUT2D eigenvalue weighted by atomic mass is 9.81. The first-order valence-electron chi connectivity index (χ1n) is 13.0. The summed E-state index contributed by atoms with van der Waals surface area (Å²) >= 11 is 6.74. The van der Waals surface area contributed by atoms with Gasteiger partial charge in [-0.25, -0.2) is 0 Å². The molecule has 198 valence electrons. The number of aryl methyl sites for hydroxylation is 1. The number of ether oxygens (including phenoxy) is 1. The first kappa shape index (κ1) is 28.6. The highest BCUT2D eigenvalue weighted by molar-refractivity contribution is 6.33. The van der Waals surface area contributed by atoms with E-state index in [1.807, 2.05) is 30.3 Å². The molecule has 0 heterocycles. The molecule has 0 spiro atoms. The molecule has 4 N–H and O–H groups in total. The molecule has 1 aliphatic rings. The van der Waals surface area contributed by atoms with Gasteiger partial charge in [-0.3, -0.25) is 4.79 Å². The Kier molecular flexibility index (Phi) is 10.3. The van der Waals surface area contributed by atoms with Crippen molar-refractivity contribution in [1.82, 2.24) is 4.90 Å². The molecule has 2 aromatic carbocycles. The molecule has 1 unspecified atom stereocenters. The van der Waals surface area contributed by atoms with Crippen molar-refractivity contribution in [3.05, 3.63) is 58.6 Å². The molecule has 6 nitrogen and oxygen atoms in total. The number of benzene rings is 2. The van der Waals surface area contributed by atoms with Gasteiger partial charge in [0.1, 0.15) is 0 Å². The maximum atomic E-state index is 13.0.